The van der Waals surface area contributed by atoms with Gasteiger partial charge in [-0.1, -0.05) is 11.3 Å². The zero-order valence-electron chi connectivity index (χ0n) is 15.2. The maximum atomic E-state index is 12.6. The fourth-order valence-electron chi connectivity index (χ4n) is 3.19. The summed E-state index contributed by atoms with van der Waals surface area (Å²) < 4.78 is 1.88. The van der Waals surface area contributed by atoms with Crippen LogP contribution in [-0.4, -0.2) is 48.9 Å². The predicted octanol–water partition coefficient (Wildman–Crippen LogP) is 1.99. The van der Waals surface area contributed by atoms with Gasteiger partial charge in [0.15, 0.2) is 11.6 Å². The number of amides is 1. The SMILES string of the molecule is Cc1nnc(NC(=O)C2CCCN(c3ccc(-n4ccnc4C)nn3)C2)s1. The predicted molar refractivity (Wildman–Crippen MR) is 102 cm³/mol. The molecule has 1 aliphatic heterocycles. The maximum absolute atomic E-state index is 12.6. The van der Waals surface area contributed by atoms with Crippen molar-refractivity contribution in [1.29, 1.82) is 0 Å². The molecule has 3 aromatic rings. The lowest BCUT2D eigenvalue weighted by Gasteiger charge is -2.32. The van der Waals surface area contributed by atoms with Crippen LogP contribution in [0.15, 0.2) is 24.5 Å². The Labute approximate surface area is 160 Å². The van der Waals surface area contributed by atoms with Gasteiger partial charge in [-0.15, -0.1) is 20.4 Å². The van der Waals surface area contributed by atoms with Crippen LogP contribution in [0.1, 0.15) is 23.7 Å². The van der Waals surface area contributed by atoms with Crippen molar-refractivity contribution < 1.29 is 4.79 Å². The second-order valence-corrected chi connectivity index (χ2v) is 7.68. The first-order valence-electron chi connectivity index (χ1n) is 8.80. The molecule has 1 saturated heterocycles. The number of carbonyl (C=O) groups is 1. The topological polar surface area (TPSA) is 102 Å². The Hall–Kier alpha value is -2.88. The number of rotatable bonds is 4. The number of hydrogen-bond donors (Lipinski definition) is 1. The molecule has 0 spiro atoms. The molecule has 0 aliphatic carbocycles. The first-order chi connectivity index (χ1) is 13.1. The summed E-state index contributed by atoms with van der Waals surface area (Å²) >= 11 is 1.38. The Morgan fingerprint density at radius 2 is 2.00 bits per heavy atom. The van der Waals surface area contributed by atoms with Gasteiger partial charge in [0.1, 0.15) is 10.8 Å². The molecule has 0 saturated carbocycles. The van der Waals surface area contributed by atoms with E-state index in [1.165, 1.54) is 11.3 Å². The molecule has 1 amide bonds. The van der Waals surface area contributed by atoms with Gasteiger partial charge in [-0.2, -0.15) is 0 Å². The normalized spacial score (nSPS) is 17.1. The summed E-state index contributed by atoms with van der Waals surface area (Å²) in [5.41, 5.74) is 0. The van der Waals surface area contributed by atoms with Gasteiger partial charge in [0.05, 0.1) is 5.92 Å². The van der Waals surface area contributed by atoms with Gasteiger partial charge in [0, 0.05) is 25.5 Å². The van der Waals surface area contributed by atoms with Gasteiger partial charge in [-0.25, -0.2) is 4.98 Å². The van der Waals surface area contributed by atoms with Crippen LogP contribution in [-0.2, 0) is 4.79 Å². The average molecular weight is 384 g/mol. The molecule has 9 nitrogen and oxygen atoms in total. The zero-order chi connectivity index (χ0) is 18.8. The molecule has 1 fully saturated rings. The highest BCUT2D eigenvalue weighted by molar-refractivity contribution is 7.15. The summed E-state index contributed by atoms with van der Waals surface area (Å²) in [4.78, 5) is 18.9. The molecule has 10 heteroatoms. The Balaban J connectivity index is 1.43. The fraction of sp³-hybridized carbons (Fsp3) is 0.412. The summed E-state index contributed by atoms with van der Waals surface area (Å²) in [6.45, 7) is 5.26. The van der Waals surface area contributed by atoms with E-state index in [1.807, 2.05) is 36.7 Å². The molecule has 1 aliphatic rings. The van der Waals surface area contributed by atoms with Crippen molar-refractivity contribution in [1.82, 2.24) is 29.9 Å². The van der Waals surface area contributed by atoms with Gasteiger partial charge in [0.25, 0.3) is 0 Å². The van der Waals surface area contributed by atoms with Crippen molar-refractivity contribution in [3.63, 3.8) is 0 Å². The Kier molecular flexibility index (Phi) is 4.80. The number of imidazole rings is 1. The van der Waals surface area contributed by atoms with Crippen LogP contribution in [0.25, 0.3) is 5.82 Å². The quantitative estimate of drug-likeness (QED) is 0.734. The molecule has 0 radical (unpaired) electrons. The van der Waals surface area contributed by atoms with E-state index in [1.54, 1.807) is 6.20 Å². The number of carbonyl (C=O) groups excluding carboxylic acids is 1. The standard InChI is InChI=1S/C17H20N8OS/c1-11-18-7-9-25(11)15-6-5-14(21-22-15)24-8-3-4-13(10-24)16(26)19-17-23-20-12(2)27-17/h5-7,9,13H,3-4,8,10H2,1-2H3,(H,19,23,26). The minimum absolute atomic E-state index is 0.0190. The summed E-state index contributed by atoms with van der Waals surface area (Å²) in [5, 5.41) is 20.8. The lowest BCUT2D eigenvalue weighted by molar-refractivity contribution is -0.120. The monoisotopic (exact) mass is 384 g/mol. The van der Waals surface area contributed by atoms with E-state index in [4.69, 9.17) is 0 Å². The lowest BCUT2D eigenvalue weighted by atomic mass is 9.97. The number of piperidine rings is 1. The van der Waals surface area contributed by atoms with Crippen LogP contribution < -0.4 is 10.2 Å². The summed E-state index contributed by atoms with van der Waals surface area (Å²) in [5.74, 6) is 2.24. The van der Waals surface area contributed by atoms with Crippen LogP contribution in [0.3, 0.4) is 0 Å². The van der Waals surface area contributed by atoms with Crippen LogP contribution in [0, 0.1) is 19.8 Å². The number of aryl methyl sites for hydroxylation is 2. The van der Waals surface area contributed by atoms with Gasteiger partial charge >= 0.3 is 0 Å². The molecule has 4 rings (SSSR count). The molecule has 140 valence electrons. The molecule has 0 aromatic carbocycles. The van der Waals surface area contributed by atoms with E-state index >= 15 is 0 Å². The van der Waals surface area contributed by atoms with E-state index in [2.05, 4.69) is 35.6 Å². The number of nitrogens with zero attached hydrogens (tertiary/aromatic N) is 7. The third-order valence-corrected chi connectivity index (χ3v) is 5.34. The molecule has 1 unspecified atom stereocenters. The van der Waals surface area contributed by atoms with E-state index in [0.29, 0.717) is 11.7 Å². The Bertz CT molecular complexity index is 935. The van der Waals surface area contributed by atoms with E-state index in [9.17, 15) is 4.79 Å². The molecule has 27 heavy (non-hydrogen) atoms. The van der Waals surface area contributed by atoms with Crippen molar-refractivity contribution >= 4 is 28.2 Å². The van der Waals surface area contributed by atoms with Crippen LogP contribution in [0.4, 0.5) is 10.9 Å². The maximum Gasteiger partial charge on any atom is 0.231 e. The Morgan fingerprint density at radius 3 is 2.67 bits per heavy atom. The zero-order valence-corrected chi connectivity index (χ0v) is 16.0. The first kappa shape index (κ1) is 17.5. The van der Waals surface area contributed by atoms with E-state index in [0.717, 1.165) is 41.9 Å². The molecule has 0 bridgehead atoms. The van der Waals surface area contributed by atoms with Crippen molar-refractivity contribution in [2.24, 2.45) is 5.92 Å². The molecular weight excluding hydrogens is 364 g/mol. The highest BCUT2D eigenvalue weighted by atomic mass is 32.1. The third-order valence-electron chi connectivity index (χ3n) is 4.58. The minimum atomic E-state index is -0.111. The van der Waals surface area contributed by atoms with Gasteiger partial charge in [0.2, 0.25) is 11.0 Å². The highest BCUT2D eigenvalue weighted by Gasteiger charge is 2.27. The van der Waals surface area contributed by atoms with E-state index in [-0.39, 0.29) is 11.8 Å². The summed E-state index contributed by atoms with van der Waals surface area (Å²) in [7, 11) is 0. The van der Waals surface area contributed by atoms with Crippen molar-refractivity contribution in [2.75, 3.05) is 23.3 Å². The van der Waals surface area contributed by atoms with Crippen LogP contribution >= 0.6 is 11.3 Å². The van der Waals surface area contributed by atoms with Gasteiger partial charge in [-0.3, -0.25) is 9.36 Å². The third kappa shape index (κ3) is 3.80. The molecular formula is C17H20N8OS. The number of hydrogen-bond acceptors (Lipinski definition) is 8. The van der Waals surface area contributed by atoms with E-state index < -0.39 is 0 Å². The molecule has 3 aromatic heterocycles. The smallest absolute Gasteiger partial charge is 0.231 e. The molecule has 4 heterocycles. The molecule has 1 atom stereocenters. The number of nitrogens with one attached hydrogen (secondary N) is 1. The molecule has 1 N–H and O–H groups in total. The van der Waals surface area contributed by atoms with Crippen molar-refractivity contribution in [3.8, 4) is 5.82 Å². The van der Waals surface area contributed by atoms with Crippen molar-refractivity contribution in [2.45, 2.75) is 26.7 Å². The Morgan fingerprint density at radius 1 is 1.19 bits per heavy atom. The lowest BCUT2D eigenvalue weighted by Crippen LogP contribution is -2.41. The summed E-state index contributed by atoms with van der Waals surface area (Å²) in [6.07, 6.45) is 5.37. The first-order valence-corrected chi connectivity index (χ1v) is 9.62. The summed E-state index contributed by atoms with van der Waals surface area (Å²) in [6, 6.07) is 3.86. The number of aromatic nitrogens is 6. The highest BCUT2D eigenvalue weighted by Crippen LogP contribution is 2.24. The van der Waals surface area contributed by atoms with Gasteiger partial charge in [-0.05, 0) is 38.8 Å². The second-order valence-electron chi connectivity index (χ2n) is 6.49. The largest absolute Gasteiger partial charge is 0.354 e. The van der Waals surface area contributed by atoms with Crippen LogP contribution in [0.2, 0.25) is 0 Å². The second kappa shape index (κ2) is 7.39. The van der Waals surface area contributed by atoms with Gasteiger partial charge < -0.3 is 10.2 Å². The van der Waals surface area contributed by atoms with Crippen LogP contribution in [0.5, 0.6) is 0 Å². The average Bonchev–Trinajstić information content (AvgIpc) is 3.30. The number of anilines is 2. The minimum Gasteiger partial charge on any atom is -0.354 e. The van der Waals surface area contributed by atoms with Crippen molar-refractivity contribution in [3.05, 3.63) is 35.4 Å². The fourth-order valence-corrected chi connectivity index (χ4v) is 3.78.